The predicted molar refractivity (Wildman–Crippen MR) is 124 cm³/mol. The number of nitrogens with one attached hydrogen (secondary N) is 1. The standard InChI is InChI=1S/C27H32N2O3/c1-32-21-14-12-19(13-15-21)18-28-25(30)24-22-10-4-5-11-23(22)26(31)29(20-8-2-3-9-20)27(24)16-6-7-17-27/h4-5,10-15,20,24H,2-3,6-9,16-18H2,1H3,(H,28,30). The topological polar surface area (TPSA) is 58.6 Å². The van der Waals surface area contributed by atoms with Crippen LogP contribution in [-0.4, -0.2) is 35.4 Å². The lowest BCUT2D eigenvalue weighted by Gasteiger charge is -2.52. The number of benzene rings is 2. The van der Waals surface area contributed by atoms with Crippen molar-refractivity contribution in [2.24, 2.45) is 0 Å². The van der Waals surface area contributed by atoms with Crippen molar-refractivity contribution in [3.63, 3.8) is 0 Å². The van der Waals surface area contributed by atoms with E-state index in [2.05, 4.69) is 10.2 Å². The lowest BCUT2D eigenvalue weighted by Crippen LogP contribution is -2.63. The average molecular weight is 433 g/mol. The molecule has 1 N–H and O–H groups in total. The molecule has 0 radical (unpaired) electrons. The molecule has 5 rings (SSSR count). The van der Waals surface area contributed by atoms with E-state index in [-0.39, 0.29) is 23.8 Å². The van der Waals surface area contributed by atoms with E-state index < -0.39 is 5.54 Å². The first kappa shape index (κ1) is 21.0. The van der Waals surface area contributed by atoms with Gasteiger partial charge in [0.1, 0.15) is 5.75 Å². The molecule has 2 amide bonds. The monoisotopic (exact) mass is 432 g/mol. The summed E-state index contributed by atoms with van der Waals surface area (Å²) in [5.74, 6) is 0.647. The highest BCUT2D eigenvalue weighted by Gasteiger charge is 2.57. The molecular weight excluding hydrogens is 400 g/mol. The number of hydrogen-bond donors (Lipinski definition) is 1. The second-order valence-electron chi connectivity index (χ2n) is 9.51. The van der Waals surface area contributed by atoms with Gasteiger partial charge < -0.3 is 15.0 Å². The summed E-state index contributed by atoms with van der Waals surface area (Å²) in [6.45, 7) is 0.467. The van der Waals surface area contributed by atoms with Gasteiger partial charge in [0.15, 0.2) is 0 Å². The summed E-state index contributed by atoms with van der Waals surface area (Å²) < 4.78 is 5.24. The Kier molecular flexibility index (Phi) is 5.66. The first-order chi connectivity index (χ1) is 15.6. The minimum atomic E-state index is -0.398. The van der Waals surface area contributed by atoms with Crippen LogP contribution in [0, 0.1) is 0 Å². The maximum absolute atomic E-state index is 13.8. The second kappa shape index (κ2) is 8.61. The molecule has 2 aromatic rings. The van der Waals surface area contributed by atoms with E-state index in [9.17, 15) is 9.59 Å². The SMILES string of the molecule is COc1ccc(CNC(=O)C2c3ccccc3C(=O)N(C3CCCC3)C23CCCC3)cc1. The molecule has 0 saturated heterocycles. The van der Waals surface area contributed by atoms with Crippen molar-refractivity contribution in [2.45, 2.75) is 75.4 Å². The van der Waals surface area contributed by atoms with Crippen LogP contribution in [0.25, 0.3) is 0 Å². The summed E-state index contributed by atoms with van der Waals surface area (Å²) in [5.41, 5.74) is 2.25. The minimum Gasteiger partial charge on any atom is -0.497 e. The Morgan fingerprint density at radius 1 is 1.03 bits per heavy atom. The first-order valence-corrected chi connectivity index (χ1v) is 12.0. The molecule has 2 fully saturated rings. The number of carbonyl (C=O) groups excluding carboxylic acids is 2. The van der Waals surface area contributed by atoms with E-state index in [0.29, 0.717) is 12.1 Å². The van der Waals surface area contributed by atoms with Crippen LogP contribution in [-0.2, 0) is 11.3 Å². The van der Waals surface area contributed by atoms with Crippen molar-refractivity contribution in [3.8, 4) is 5.75 Å². The van der Waals surface area contributed by atoms with E-state index >= 15 is 0 Å². The smallest absolute Gasteiger partial charge is 0.254 e. The number of fused-ring (bicyclic) bond motifs is 1. The minimum absolute atomic E-state index is 0.0330. The first-order valence-electron chi connectivity index (χ1n) is 12.0. The zero-order valence-electron chi connectivity index (χ0n) is 18.8. The highest BCUT2D eigenvalue weighted by atomic mass is 16.5. The maximum Gasteiger partial charge on any atom is 0.254 e. The van der Waals surface area contributed by atoms with Crippen molar-refractivity contribution >= 4 is 11.8 Å². The summed E-state index contributed by atoms with van der Waals surface area (Å²) in [6.07, 6.45) is 8.39. The summed E-state index contributed by atoms with van der Waals surface area (Å²) in [7, 11) is 1.65. The van der Waals surface area contributed by atoms with Crippen LogP contribution >= 0.6 is 0 Å². The van der Waals surface area contributed by atoms with Crippen LogP contribution < -0.4 is 10.1 Å². The van der Waals surface area contributed by atoms with Crippen LogP contribution in [0.4, 0.5) is 0 Å². The molecule has 2 aliphatic carbocycles. The fourth-order valence-corrected chi connectivity index (χ4v) is 6.33. The van der Waals surface area contributed by atoms with Gasteiger partial charge in [0.25, 0.3) is 5.91 Å². The molecule has 2 saturated carbocycles. The van der Waals surface area contributed by atoms with Gasteiger partial charge in [0, 0.05) is 18.2 Å². The Morgan fingerprint density at radius 2 is 1.72 bits per heavy atom. The molecule has 1 aliphatic heterocycles. The molecule has 32 heavy (non-hydrogen) atoms. The normalized spacial score (nSPS) is 22.2. The molecule has 3 aliphatic rings. The van der Waals surface area contributed by atoms with Gasteiger partial charge in [-0.25, -0.2) is 0 Å². The van der Waals surface area contributed by atoms with Crippen molar-refractivity contribution in [3.05, 3.63) is 65.2 Å². The summed E-state index contributed by atoms with van der Waals surface area (Å²) in [6, 6.07) is 15.8. The number of carbonyl (C=O) groups is 2. The fraction of sp³-hybridized carbons (Fsp3) is 0.481. The Labute approximate surface area is 190 Å². The maximum atomic E-state index is 13.8. The zero-order valence-corrected chi connectivity index (χ0v) is 18.8. The summed E-state index contributed by atoms with van der Waals surface area (Å²) in [5, 5.41) is 3.21. The molecule has 0 bridgehead atoms. The number of ether oxygens (including phenoxy) is 1. The molecule has 1 heterocycles. The number of amides is 2. The van der Waals surface area contributed by atoms with Gasteiger partial charge in [-0.05, 0) is 55.0 Å². The second-order valence-corrected chi connectivity index (χ2v) is 9.51. The third-order valence-electron chi connectivity index (χ3n) is 7.79. The molecule has 2 aromatic carbocycles. The quantitative estimate of drug-likeness (QED) is 0.738. The molecule has 1 unspecified atom stereocenters. The molecular formula is C27H32N2O3. The number of methoxy groups -OCH3 is 1. The lowest BCUT2D eigenvalue weighted by molar-refractivity contribution is -0.127. The molecule has 5 nitrogen and oxygen atoms in total. The molecule has 168 valence electrons. The Morgan fingerprint density at radius 3 is 2.41 bits per heavy atom. The summed E-state index contributed by atoms with van der Waals surface area (Å²) in [4.78, 5) is 29.7. The van der Waals surface area contributed by atoms with Gasteiger partial charge in [0.05, 0.1) is 18.6 Å². The van der Waals surface area contributed by atoms with Crippen LogP contribution in [0.2, 0.25) is 0 Å². The van der Waals surface area contributed by atoms with Crippen LogP contribution in [0.5, 0.6) is 5.75 Å². The number of nitrogens with zero attached hydrogens (tertiary/aromatic N) is 1. The third kappa shape index (κ3) is 3.48. The Balaban J connectivity index is 1.49. The van der Waals surface area contributed by atoms with E-state index in [1.54, 1.807) is 7.11 Å². The van der Waals surface area contributed by atoms with E-state index in [1.807, 2.05) is 48.5 Å². The summed E-state index contributed by atoms with van der Waals surface area (Å²) >= 11 is 0. The highest BCUT2D eigenvalue weighted by molar-refractivity contribution is 6.02. The van der Waals surface area contributed by atoms with Gasteiger partial charge >= 0.3 is 0 Å². The van der Waals surface area contributed by atoms with Crippen LogP contribution in [0.1, 0.15) is 78.8 Å². The van der Waals surface area contributed by atoms with Crippen molar-refractivity contribution in [2.75, 3.05) is 7.11 Å². The Bertz CT molecular complexity index is 988. The molecule has 1 spiro atoms. The van der Waals surface area contributed by atoms with Gasteiger partial charge in [-0.2, -0.15) is 0 Å². The van der Waals surface area contributed by atoms with Crippen molar-refractivity contribution < 1.29 is 14.3 Å². The van der Waals surface area contributed by atoms with E-state index in [4.69, 9.17) is 4.74 Å². The fourth-order valence-electron chi connectivity index (χ4n) is 6.33. The molecule has 1 atom stereocenters. The zero-order chi connectivity index (χ0) is 22.1. The van der Waals surface area contributed by atoms with Crippen molar-refractivity contribution in [1.29, 1.82) is 0 Å². The Hall–Kier alpha value is -2.82. The van der Waals surface area contributed by atoms with Crippen LogP contribution in [0.3, 0.4) is 0 Å². The highest BCUT2D eigenvalue weighted by Crippen LogP contribution is 2.52. The van der Waals surface area contributed by atoms with Gasteiger partial charge in [-0.3, -0.25) is 9.59 Å². The van der Waals surface area contributed by atoms with Gasteiger partial charge in [0.2, 0.25) is 5.91 Å². The molecule has 5 heteroatoms. The van der Waals surface area contributed by atoms with Crippen LogP contribution in [0.15, 0.2) is 48.5 Å². The average Bonchev–Trinajstić information content (AvgIpc) is 3.52. The van der Waals surface area contributed by atoms with Crippen molar-refractivity contribution in [1.82, 2.24) is 10.2 Å². The largest absolute Gasteiger partial charge is 0.497 e. The molecule has 0 aromatic heterocycles. The lowest BCUT2D eigenvalue weighted by atomic mass is 9.70. The predicted octanol–water partition coefficient (Wildman–Crippen LogP) is 4.81. The van der Waals surface area contributed by atoms with E-state index in [1.165, 1.54) is 12.8 Å². The van der Waals surface area contributed by atoms with Gasteiger partial charge in [-0.1, -0.05) is 56.0 Å². The number of rotatable bonds is 5. The van der Waals surface area contributed by atoms with Gasteiger partial charge in [-0.15, -0.1) is 0 Å². The third-order valence-corrected chi connectivity index (χ3v) is 7.79. The number of hydrogen-bond acceptors (Lipinski definition) is 3. The van der Waals surface area contributed by atoms with E-state index in [0.717, 1.165) is 55.4 Å².